The van der Waals surface area contributed by atoms with E-state index >= 15 is 0 Å². The number of pyridine rings is 1. The molecule has 0 radical (unpaired) electrons. The first-order valence-corrected chi connectivity index (χ1v) is 11.7. The van der Waals surface area contributed by atoms with E-state index in [0.717, 1.165) is 12.1 Å². The van der Waals surface area contributed by atoms with Crippen LogP contribution >= 0.6 is 12.4 Å². The standard InChI is InChI=1S/C26H24F6N4O2.ClH/c1-14(33-2)23(37)35-20-9-7-15-5-3-4-6-21(15)36(24(20)38)13-16-11-22(26(30,31)32)34-19-10-8-17(12-18(16)19)25(27,28)29;/h3-6,8,10-12,14,20,33H,7,9,13H2,1-2H3,(H,35,37);1H. The molecule has 1 aliphatic rings. The molecule has 0 aliphatic carbocycles. The minimum absolute atomic E-state index is 0. The zero-order chi connectivity index (χ0) is 27.8. The van der Waals surface area contributed by atoms with Crippen molar-refractivity contribution in [1.29, 1.82) is 0 Å². The van der Waals surface area contributed by atoms with E-state index in [9.17, 15) is 35.9 Å². The number of fused-ring (bicyclic) bond motifs is 2. The average Bonchev–Trinajstić information content (AvgIpc) is 2.99. The van der Waals surface area contributed by atoms with E-state index < -0.39 is 54.1 Å². The molecule has 0 fully saturated rings. The monoisotopic (exact) mass is 574 g/mol. The van der Waals surface area contributed by atoms with Crippen LogP contribution in [0.1, 0.15) is 35.7 Å². The summed E-state index contributed by atoms with van der Waals surface area (Å²) in [5.41, 5.74) is -1.67. The number of hydrogen-bond acceptors (Lipinski definition) is 4. The molecule has 210 valence electrons. The Labute approximate surface area is 226 Å². The van der Waals surface area contributed by atoms with Gasteiger partial charge in [-0.05, 0) is 68.3 Å². The second-order valence-corrected chi connectivity index (χ2v) is 9.06. The van der Waals surface area contributed by atoms with E-state index in [2.05, 4.69) is 15.6 Å². The lowest BCUT2D eigenvalue weighted by atomic mass is 10.0. The summed E-state index contributed by atoms with van der Waals surface area (Å²) in [7, 11) is 1.57. The van der Waals surface area contributed by atoms with Gasteiger partial charge in [0.1, 0.15) is 11.7 Å². The van der Waals surface area contributed by atoms with E-state index in [1.54, 1.807) is 38.2 Å². The normalized spacial score (nSPS) is 16.8. The molecule has 1 aliphatic heterocycles. The van der Waals surface area contributed by atoms with Crippen molar-refractivity contribution >= 4 is 40.8 Å². The highest BCUT2D eigenvalue weighted by atomic mass is 35.5. The van der Waals surface area contributed by atoms with Gasteiger partial charge in [-0.3, -0.25) is 9.59 Å². The number of halogens is 7. The molecule has 2 N–H and O–H groups in total. The number of rotatable bonds is 5. The van der Waals surface area contributed by atoms with Gasteiger partial charge in [0.2, 0.25) is 11.8 Å². The maximum atomic E-state index is 13.7. The van der Waals surface area contributed by atoms with Gasteiger partial charge in [-0.1, -0.05) is 18.2 Å². The molecule has 4 rings (SSSR count). The number of carbonyl (C=O) groups excluding carboxylic acids is 2. The van der Waals surface area contributed by atoms with Crippen LogP contribution in [0.25, 0.3) is 10.9 Å². The molecule has 13 heteroatoms. The summed E-state index contributed by atoms with van der Waals surface area (Å²) in [6.07, 6.45) is -8.98. The number of para-hydroxylation sites is 1. The number of carbonyl (C=O) groups is 2. The van der Waals surface area contributed by atoms with Crippen LogP contribution in [0.2, 0.25) is 0 Å². The van der Waals surface area contributed by atoms with Crippen LogP contribution in [0.5, 0.6) is 0 Å². The zero-order valence-electron chi connectivity index (χ0n) is 20.8. The predicted molar refractivity (Wildman–Crippen MR) is 135 cm³/mol. The molecular formula is C26H25ClF6N4O2. The van der Waals surface area contributed by atoms with Gasteiger partial charge in [0.15, 0.2) is 0 Å². The Balaban J connectivity index is 0.00000420. The molecule has 2 atom stereocenters. The highest BCUT2D eigenvalue weighted by Gasteiger charge is 2.37. The average molecular weight is 575 g/mol. The first-order chi connectivity index (χ1) is 17.8. The van der Waals surface area contributed by atoms with Gasteiger partial charge >= 0.3 is 12.4 Å². The van der Waals surface area contributed by atoms with Crippen molar-refractivity contribution in [2.24, 2.45) is 0 Å². The molecule has 2 aromatic carbocycles. The number of likely N-dealkylation sites (N-methyl/N-ethyl adjacent to an activating group) is 1. The number of benzene rings is 2. The minimum atomic E-state index is -4.87. The van der Waals surface area contributed by atoms with E-state index in [0.29, 0.717) is 29.8 Å². The van der Waals surface area contributed by atoms with Gasteiger partial charge in [-0.2, -0.15) is 26.3 Å². The van der Waals surface area contributed by atoms with Crippen LogP contribution in [-0.2, 0) is 34.9 Å². The Kier molecular flexibility index (Phi) is 8.81. The largest absolute Gasteiger partial charge is 0.433 e. The van der Waals surface area contributed by atoms with Gasteiger partial charge in [-0.15, -0.1) is 12.4 Å². The van der Waals surface area contributed by atoms with Gasteiger partial charge in [0, 0.05) is 11.1 Å². The van der Waals surface area contributed by atoms with Crippen LogP contribution in [0.4, 0.5) is 32.0 Å². The molecular weight excluding hydrogens is 550 g/mol. The molecule has 2 unspecified atom stereocenters. The molecule has 0 spiro atoms. The van der Waals surface area contributed by atoms with Gasteiger partial charge < -0.3 is 15.5 Å². The van der Waals surface area contributed by atoms with E-state index in [-0.39, 0.29) is 35.3 Å². The first-order valence-electron chi connectivity index (χ1n) is 11.7. The zero-order valence-corrected chi connectivity index (χ0v) is 21.6. The van der Waals surface area contributed by atoms with E-state index in [4.69, 9.17) is 0 Å². The third-order valence-electron chi connectivity index (χ3n) is 6.53. The quantitative estimate of drug-likeness (QED) is 0.408. The molecule has 0 saturated heterocycles. The van der Waals surface area contributed by atoms with Crippen LogP contribution in [0.3, 0.4) is 0 Å². The maximum absolute atomic E-state index is 13.7. The van der Waals surface area contributed by atoms with E-state index in [1.165, 1.54) is 4.90 Å². The van der Waals surface area contributed by atoms with Crippen LogP contribution < -0.4 is 15.5 Å². The number of nitrogens with zero attached hydrogens (tertiary/aromatic N) is 2. The summed E-state index contributed by atoms with van der Waals surface area (Å²) < 4.78 is 81.3. The van der Waals surface area contributed by atoms with Gasteiger partial charge in [0.05, 0.1) is 23.7 Å². The Hall–Kier alpha value is -3.38. The summed E-state index contributed by atoms with van der Waals surface area (Å²) in [4.78, 5) is 30.9. The minimum Gasteiger partial charge on any atom is -0.343 e. The maximum Gasteiger partial charge on any atom is 0.433 e. The molecule has 0 bridgehead atoms. The number of aromatic nitrogens is 1. The van der Waals surface area contributed by atoms with Crippen molar-refractivity contribution in [3.05, 3.63) is 70.9 Å². The van der Waals surface area contributed by atoms with Crippen molar-refractivity contribution in [2.45, 2.75) is 50.7 Å². The van der Waals surface area contributed by atoms with Crippen LogP contribution in [0, 0.1) is 0 Å². The SMILES string of the molecule is CNC(C)C(=O)NC1CCc2ccccc2N(Cc2cc(C(F)(F)F)nc3ccc(C(F)(F)F)cc23)C1=O.Cl. The number of alkyl halides is 6. The lowest BCUT2D eigenvalue weighted by Gasteiger charge is -2.28. The molecule has 1 aromatic heterocycles. The van der Waals surface area contributed by atoms with Crippen molar-refractivity contribution in [2.75, 3.05) is 11.9 Å². The summed E-state index contributed by atoms with van der Waals surface area (Å²) in [6, 6.07) is 8.11. The molecule has 3 aromatic rings. The Morgan fingerprint density at radius 1 is 1.08 bits per heavy atom. The van der Waals surface area contributed by atoms with Crippen molar-refractivity contribution in [3.63, 3.8) is 0 Å². The van der Waals surface area contributed by atoms with Gasteiger partial charge in [-0.25, -0.2) is 4.98 Å². The highest BCUT2D eigenvalue weighted by Crippen LogP contribution is 2.36. The van der Waals surface area contributed by atoms with Crippen molar-refractivity contribution in [1.82, 2.24) is 15.6 Å². The topological polar surface area (TPSA) is 74.3 Å². The number of hydrogen-bond donors (Lipinski definition) is 2. The molecule has 2 amide bonds. The van der Waals surface area contributed by atoms with Gasteiger partial charge in [0.25, 0.3) is 0 Å². The van der Waals surface area contributed by atoms with Crippen molar-refractivity contribution in [3.8, 4) is 0 Å². The number of nitrogens with one attached hydrogen (secondary N) is 2. The Morgan fingerprint density at radius 3 is 2.41 bits per heavy atom. The first kappa shape index (κ1) is 30.2. The fourth-order valence-corrected chi connectivity index (χ4v) is 4.36. The fourth-order valence-electron chi connectivity index (χ4n) is 4.36. The lowest BCUT2D eigenvalue weighted by Crippen LogP contribution is -2.52. The summed E-state index contributed by atoms with van der Waals surface area (Å²) >= 11 is 0. The molecule has 6 nitrogen and oxygen atoms in total. The second kappa shape index (κ2) is 11.4. The summed E-state index contributed by atoms with van der Waals surface area (Å²) in [5.74, 6) is -1.03. The van der Waals surface area contributed by atoms with Crippen LogP contribution in [0.15, 0.2) is 48.5 Å². The smallest absolute Gasteiger partial charge is 0.343 e. The highest BCUT2D eigenvalue weighted by molar-refractivity contribution is 6.01. The third-order valence-corrected chi connectivity index (χ3v) is 6.53. The van der Waals surface area contributed by atoms with Crippen LogP contribution in [-0.4, -0.2) is 35.9 Å². The predicted octanol–water partition coefficient (Wildman–Crippen LogP) is 5.27. The molecule has 39 heavy (non-hydrogen) atoms. The third kappa shape index (κ3) is 6.44. The Bertz CT molecular complexity index is 1380. The Morgan fingerprint density at radius 2 is 1.77 bits per heavy atom. The summed E-state index contributed by atoms with van der Waals surface area (Å²) in [5, 5.41) is 5.29. The number of anilines is 1. The molecule has 2 heterocycles. The second-order valence-electron chi connectivity index (χ2n) is 9.06. The fraction of sp³-hybridized carbons (Fsp3) is 0.346. The van der Waals surface area contributed by atoms with E-state index in [1.807, 2.05) is 0 Å². The van der Waals surface area contributed by atoms with Crippen molar-refractivity contribution < 1.29 is 35.9 Å². The number of aryl methyl sites for hydroxylation is 1. The number of amides is 2. The summed E-state index contributed by atoms with van der Waals surface area (Å²) in [6.45, 7) is 1.14. The lowest BCUT2D eigenvalue weighted by molar-refractivity contribution is -0.141. The molecule has 0 saturated carbocycles.